The summed E-state index contributed by atoms with van der Waals surface area (Å²) in [4.78, 5) is 27.7. The van der Waals surface area contributed by atoms with Crippen molar-refractivity contribution in [3.8, 4) is 0 Å². The summed E-state index contributed by atoms with van der Waals surface area (Å²) in [5.74, 6) is -1.46. The topological polar surface area (TPSA) is 66.8 Å². The fourth-order valence-electron chi connectivity index (χ4n) is 2.28. The predicted molar refractivity (Wildman–Crippen MR) is 88.7 cm³/mol. The van der Waals surface area contributed by atoms with Crippen molar-refractivity contribution in [3.05, 3.63) is 71.8 Å². The van der Waals surface area contributed by atoms with E-state index in [0.717, 1.165) is 10.6 Å². The molecule has 2 aromatic carbocycles. The highest BCUT2D eigenvalue weighted by Gasteiger charge is 2.36. The lowest BCUT2D eigenvalue weighted by Crippen LogP contribution is -2.33. The summed E-state index contributed by atoms with van der Waals surface area (Å²) in [6, 6.07) is 18.1. The maximum absolute atomic E-state index is 12.4. The average Bonchev–Trinajstić information content (AvgIpc) is 2.51. The third-order valence-corrected chi connectivity index (χ3v) is 4.71. The summed E-state index contributed by atoms with van der Waals surface area (Å²) in [6.45, 7) is 2.69. The van der Waals surface area contributed by atoms with E-state index in [2.05, 4.69) is 0 Å². The zero-order valence-electron chi connectivity index (χ0n) is 13.1. The Morgan fingerprint density at radius 3 is 2.13 bits per heavy atom. The number of carbonyl (C=O) groups excluding carboxylic acids is 1. The van der Waals surface area contributed by atoms with E-state index in [1.165, 1.54) is 13.6 Å². The molecule has 0 aliphatic carbocycles. The van der Waals surface area contributed by atoms with Crippen LogP contribution in [0.2, 0.25) is 0 Å². The van der Waals surface area contributed by atoms with Crippen molar-refractivity contribution < 1.29 is 19.1 Å². The molecule has 2 unspecified atom stereocenters. The van der Waals surface area contributed by atoms with Crippen LogP contribution in [0.5, 0.6) is 0 Å². The number of carbonyl (C=O) groups is 1. The number of hydrogen-bond donors (Lipinski definition) is 1. The van der Waals surface area contributed by atoms with Gasteiger partial charge in [0.25, 0.3) is 0 Å². The lowest BCUT2D eigenvalue weighted by molar-refractivity contribution is -0.196. The first kappa shape index (κ1) is 17.4. The maximum atomic E-state index is 12.4. The highest BCUT2D eigenvalue weighted by molar-refractivity contribution is 7.57. The normalized spacial score (nSPS) is 14.7. The average molecular weight is 333 g/mol. The van der Waals surface area contributed by atoms with Gasteiger partial charge in [0.2, 0.25) is 13.3 Å². The molecule has 0 bridgehead atoms. The molecule has 1 amide bonds. The lowest BCUT2D eigenvalue weighted by atomic mass is 10.2. The van der Waals surface area contributed by atoms with Crippen molar-refractivity contribution in [2.75, 3.05) is 6.66 Å². The minimum Gasteiger partial charge on any atom is -0.343 e. The molecule has 2 aromatic rings. The Morgan fingerprint density at radius 2 is 1.65 bits per heavy atom. The van der Waals surface area contributed by atoms with Gasteiger partial charge in [0.05, 0.1) is 0 Å². The Hall–Kier alpha value is -1.94. The van der Waals surface area contributed by atoms with Crippen LogP contribution in [-0.4, -0.2) is 22.5 Å². The molecule has 0 spiro atoms. The van der Waals surface area contributed by atoms with Gasteiger partial charge in [-0.1, -0.05) is 60.7 Å². The van der Waals surface area contributed by atoms with Gasteiger partial charge in [-0.3, -0.25) is 14.2 Å². The zero-order chi connectivity index (χ0) is 16.9. The number of nitrogens with zero attached hydrogens (tertiary/aromatic N) is 1. The Balaban J connectivity index is 2.28. The number of benzene rings is 2. The molecule has 0 saturated carbocycles. The van der Waals surface area contributed by atoms with Crippen LogP contribution < -0.4 is 0 Å². The first-order valence-electron chi connectivity index (χ1n) is 7.21. The van der Waals surface area contributed by atoms with Crippen molar-refractivity contribution in [3.63, 3.8) is 0 Å². The van der Waals surface area contributed by atoms with Crippen molar-refractivity contribution in [1.29, 1.82) is 0 Å². The standard InChI is InChI=1S/C17H20NO4P/c1-14(19)18(22-13-15-9-5-3-6-10-15)17(23(2,20)21)16-11-7-4-8-12-16/h3-12,17H,13H2,1-2H3,(H,20,21). The van der Waals surface area contributed by atoms with E-state index in [4.69, 9.17) is 4.84 Å². The zero-order valence-corrected chi connectivity index (χ0v) is 14.0. The Labute approximate surface area is 135 Å². The molecule has 0 aliphatic heterocycles. The second kappa shape index (κ2) is 7.55. The molecule has 2 atom stereocenters. The van der Waals surface area contributed by atoms with Crippen LogP contribution in [0, 0.1) is 0 Å². The molecule has 0 radical (unpaired) electrons. The second-order valence-electron chi connectivity index (χ2n) is 5.33. The van der Waals surface area contributed by atoms with Crippen LogP contribution in [0.1, 0.15) is 23.8 Å². The summed E-state index contributed by atoms with van der Waals surface area (Å²) in [5.41, 5.74) is 1.43. The first-order valence-corrected chi connectivity index (χ1v) is 9.38. The third kappa shape index (κ3) is 4.76. The predicted octanol–water partition coefficient (Wildman–Crippen LogP) is 3.57. The van der Waals surface area contributed by atoms with Crippen molar-refractivity contribution in [2.45, 2.75) is 19.3 Å². The fraction of sp³-hybridized carbons (Fsp3) is 0.235. The number of amides is 1. The van der Waals surface area contributed by atoms with Crippen LogP contribution in [0.25, 0.3) is 0 Å². The molecular weight excluding hydrogens is 313 g/mol. The van der Waals surface area contributed by atoms with Gasteiger partial charge < -0.3 is 4.89 Å². The molecule has 0 fully saturated rings. The largest absolute Gasteiger partial charge is 0.343 e. The Bertz CT molecular complexity index is 684. The van der Waals surface area contributed by atoms with Gasteiger partial charge in [-0.25, -0.2) is 5.06 Å². The molecule has 1 N–H and O–H groups in total. The summed E-state index contributed by atoms with van der Waals surface area (Å²) in [7, 11) is -3.65. The third-order valence-electron chi connectivity index (χ3n) is 3.30. The van der Waals surface area contributed by atoms with Gasteiger partial charge in [0, 0.05) is 13.6 Å². The first-order chi connectivity index (χ1) is 10.9. The van der Waals surface area contributed by atoms with E-state index < -0.39 is 19.1 Å². The lowest BCUT2D eigenvalue weighted by Gasteiger charge is -2.31. The molecule has 0 heterocycles. The van der Waals surface area contributed by atoms with Crippen molar-refractivity contribution >= 4 is 13.3 Å². The van der Waals surface area contributed by atoms with E-state index in [9.17, 15) is 14.3 Å². The van der Waals surface area contributed by atoms with Gasteiger partial charge in [-0.2, -0.15) is 0 Å². The van der Waals surface area contributed by atoms with Crippen molar-refractivity contribution in [2.24, 2.45) is 0 Å². The van der Waals surface area contributed by atoms with Crippen LogP contribution in [-0.2, 0) is 20.8 Å². The minimum atomic E-state index is -3.65. The van der Waals surface area contributed by atoms with E-state index in [1.54, 1.807) is 30.3 Å². The van der Waals surface area contributed by atoms with Crippen LogP contribution in [0.15, 0.2) is 60.7 Å². The fourth-order valence-corrected chi connectivity index (χ4v) is 3.63. The van der Waals surface area contributed by atoms with Gasteiger partial charge >= 0.3 is 0 Å². The van der Waals surface area contributed by atoms with Gasteiger partial charge in [0.15, 0.2) is 5.78 Å². The monoisotopic (exact) mass is 333 g/mol. The summed E-state index contributed by atoms with van der Waals surface area (Å²) in [5, 5.41) is 1.00. The minimum absolute atomic E-state index is 0.143. The molecule has 2 rings (SSSR count). The van der Waals surface area contributed by atoms with Crippen LogP contribution in [0.4, 0.5) is 0 Å². The van der Waals surface area contributed by atoms with Crippen LogP contribution in [0.3, 0.4) is 0 Å². The van der Waals surface area contributed by atoms with Gasteiger partial charge in [-0.15, -0.1) is 0 Å². The van der Waals surface area contributed by atoms with E-state index in [0.29, 0.717) is 5.56 Å². The Kier molecular flexibility index (Phi) is 5.72. The number of hydroxylamine groups is 2. The Morgan fingerprint density at radius 1 is 1.13 bits per heavy atom. The molecule has 5 nitrogen and oxygen atoms in total. The van der Waals surface area contributed by atoms with E-state index in [-0.39, 0.29) is 6.61 Å². The maximum Gasteiger partial charge on any atom is 0.244 e. The van der Waals surface area contributed by atoms with Gasteiger partial charge in [0.1, 0.15) is 6.61 Å². The highest BCUT2D eigenvalue weighted by Crippen LogP contribution is 2.54. The molecule has 23 heavy (non-hydrogen) atoms. The summed E-state index contributed by atoms with van der Waals surface area (Å²) < 4.78 is 12.4. The molecule has 6 heteroatoms. The SMILES string of the molecule is CC(=O)N(OCc1ccccc1)C(c1ccccc1)P(C)(=O)O. The smallest absolute Gasteiger partial charge is 0.244 e. The molecular formula is C17H20NO4P. The molecule has 0 aliphatic rings. The molecule has 0 aromatic heterocycles. The highest BCUT2D eigenvalue weighted by atomic mass is 31.2. The van der Waals surface area contributed by atoms with Crippen LogP contribution >= 0.6 is 7.37 Å². The molecule has 122 valence electrons. The van der Waals surface area contributed by atoms with E-state index in [1.807, 2.05) is 30.3 Å². The van der Waals surface area contributed by atoms with Gasteiger partial charge in [-0.05, 0) is 11.1 Å². The second-order valence-corrected chi connectivity index (χ2v) is 7.71. The summed E-state index contributed by atoms with van der Waals surface area (Å²) in [6.07, 6.45) is 0. The number of hydrogen-bond acceptors (Lipinski definition) is 3. The van der Waals surface area contributed by atoms with E-state index >= 15 is 0 Å². The summed E-state index contributed by atoms with van der Waals surface area (Å²) >= 11 is 0. The molecule has 0 saturated heterocycles. The quantitative estimate of drug-likeness (QED) is 0.648. The van der Waals surface area contributed by atoms with Crippen molar-refractivity contribution in [1.82, 2.24) is 5.06 Å². The number of rotatable bonds is 6.